The first kappa shape index (κ1) is 16.2. The molecule has 128 valence electrons. The Morgan fingerprint density at radius 2 is 2.00 bits per heavy atom. The van der Waals surface area contributed by atoms with Crippen LogP contribution in [0.4, 0.5) is 11.7 Å². The van der Waals surface area contributed by atoms with Crippen LogP contribution in [0.5, 0.6) is 0 Å². The van der Waals surface area contributed by atoms with Crippen LogP contribution in [0.3, 0.4) is 0 Å². The summed E-state index contributed by atoms with van der Waals surface area (Å²) in [5, 5.41) is 20.3. The van der Waals surface area contributed by atoms with Crippen LogP contribution < -0.4 is 5.32 Å². The summed E-state index contributed by atoms with van der Waals surface area (Å²) in [6, 6.07) is 4.88. The molecule has 3 rings (SSSR count). The first-order valence-corrected chi connectivity index (χ1v) is 7.15. The van der Waals surface area contributed by atoms with Crippen molar-refractivity contribution < 1.29 is 23.7 Å². The Labute approximate surface area is 139 Å². The van der Waals surface area contributed by atoms with Gasteiger partial charge in [0.25, 0.3) is 11.6 Å². The van der Waals surface area contributed by atoms with E-state index in [1.807, 2.05) is 0 Å². The lowest BCUT2D eigenvalue weighted by Gasteiger charge is -2.09. The predicted octanol–water partition coefficient (Wildman–Crippen LogP) is 0.879. The number of amides is 3. The number of likely N-dealkylation sites (tertiary alicyclic amines) is 1. The fourth-order valence-corrected chi connectivity index (χ4v) is 2.23. The van der Waals surface area contributed by atoms with Crippen LogP contribution in [0.1, 0.15) is 29.1 Å². The summed E-state index contributed by atoms with van der Waals surface area (Å²) in [6.45, 7) is -0.169. The van der Waals surface area contributed by atoms with Crippen molar-refractivity contribution in [2.45, 2.75) is 19.4 Å². The molecular weight excluding hydrogens is 334 g/mol. The molecule has 2 heterocycles. The van der Waals surface area contributed by atoms with Gasteiger partial charge in [0, 0.05) is 30.5 Å². The minimum Gasteiger partial charge on any atom is -0.406 e. The standard InChI is InChI=1S/C14H11N5O6/c20-11-4-5-12(21)18(11)7-10-16-17-14(25-10)15-13(22)8-2-1-3-9(6-8)19(23)24/h1-3,6H,4-5,7H2,(H,15,17,22). The van der Waals surface area contributed by atoms with Gasteiger partial charge in [-0.15, -0.1) is 5.10 Å². The highest BCUT2D eigenvalue weighted by molar-refractivity contribution is 6.03. The van der Waals surface area contributed by atoms with Gasteiger partial charge in [-0.1, -0.05) is 11.2 Å². The van der Waals surface area contributed by atoms with Crippen molar-refractivity contribution in [1.29, 1.82) is 0 Å². The van der Waals surface area contributed by atoms with Crippen molar-refractivity contribution in [3.8, 4) is 0 Å². The van der Waals surface area contributed by atoms with Crippen molar-refractivity contribution in [3.63, 3.8) is 0 Å². The lowest BCUT2D eigenvalue weighted by molar-refractivity contribution is -0.384. The van der Waals surface area contributed by atoms with E-state index in [4.69, 9.17) is 4.42 Å². The molecule has 11 heteroatoms. The van der Waals surface area contributed by atoms with Gasteiger partial charge in [-0.3, -0.25) is 34.7 Å². The molecule has 25 heavy (non-hydrogen) atoms. The maximum absolute atomic E-state index is 12.1. The summed E-state index contributed by atoms with van der Waals surface area (Å²) in [7, 11) is 0. The fourth-order valence-electron chi connectivity index (χ4n) is 2.23. The number of aromatic nitrogens is 2. The average molecular weight is 345 g/mol. The molecule has 1 aromatic heterocycles. The molecule has 2 aromatic rings. The summed E-state index contributed by atoms with van der Waals surface area (Å²) < 4.78 is 5.18. The molecular formula is C14H11N5O6. The molecule has 0 atom stereocenters. The van der Waals surface area contributed by atoms with Crippen molar-refractivity contribution in [2.75, 3.05) is 5.32 Å². The number of imide groups is 1. The molecule has 1 aliphatic rings. The van der Waals surface area contributed by atoms with Crippen molar-refractivity contribution in [2.24, 2.45) is 0 Å². The Bertz CT molecular complexity index is 860. The molecule has 1 N–H and O–H groups in total. The topological polar surface area (TPSA) is 149 Å². The minimum absolute atomic E-state index is 0.0158. The normalized spacial score (nSPS) is 14.0. The van der Waals surface area contributed by atoms with Crippen molar-refractivity contribution in [1.82, 2.24) is 15.1 Å². The summed E-state index contributed by atoms with van der Waals surface area (Å²) in [4.78, 5) is 46.2. The number of hydrogen-bond acceptors (Lipinski definition) is 8. The minimum atomic E-state index is -0.674. The van der Waals surface area contributed by atoms with Gasteiger partial charge in [-0.2, -0.15) is 0 Å². The number of rotatable bonds is 5. The monoisotopic (exact) mass is 345 g/mol. The third-order valence-corrected chi connectivity index (χ3v) is 3.45. The zero-order valence-electron chi connectivity index (χ0n) is 12.7. The lowest BCUT2D eigenvalue weighted by Crippen LogP contribution is -2.28. The highest BCUT2D eigenvalue weighted by Crippen LogP contribution is 2.17. The van der Waals surface area contributed by atoms with E-state index >= 15 is 0 Å². The number of non-ortho nitro benzene ring substituents is 1. The smallest absolute Gasteiger partial charge is 0.322 e. The summed E-state index contributed by atoms with van der Waals surface area (Å²) in [6.07, 6.45) is 0.284. The van der Waals surface area contributed by atoms with Gasteiger partial charge in [-0.05, 0) is 6.07 Å². The molecule has 0 unspecified atom stereocenters. The zero-order chi connectivity index (χ0) is 18.0. The number of nitro benzene ring substituents is 1. The van der Waals surface area contributed by atoms with Crippen LogP contribution in [-0.2, 0) is 16.1 Å². The third-order valence-electron chi connectivity index (χ3n) is 3.45. The maximum Gasteiger partial charge on any atom is 0.322 e. The molecule has 1 saturated heterocycles. The molecule has 1 aliphatic heterocycles. The number of carbonyl (C=O) groups is 3. The van der Waals surface area contributed by atoms with Crippen LogP contribution in [0.25, 0.3) is 0 Å². The molecule has 0 bridgehead atoms. The second-order valence-corrected chi connectivity index (χ2v) is 5.14. The third kappa shape index (κ3) is 3.49. The van der Waals surface area contributed by atoms with E-state index in [0.29, 0.717) is 0 Å². The van der Waals surface area contributed by atoms with Gasteiger partial charge in [0.1, 0.15) is 6.54 Å². The second kappa shape index (κ2) is 6.47. The van der Waals surface area contributed by atoms with Crippen LogP contribution in [-0.4, -0.2) is 37.7 Å². The molecule has 11 nitrogen and oxygen atoms in total. The Morgan fingerprint density at radius 1 is 1.28 bits per heavy atom. The van der Waals surface area contributed by atoms with Crippen LogP contribution >= 0.6 is 0 Å². The molecule has 0 aliphatic carbocycles. The summed E-state index contributed by atoms with van der Waals surface area (Å²) >= 11 is 0. The van der Waals surface area contributed by atoms with Crippen molar-refractivity contribution in [3.05, 3.63) is 45.8 Å². The summed E-state index contributed by atoms with van der Waals surface area (Å²) in [5.74, 6) is -1.35. The Hall–Kier alpha value is -3.63. The molecule has 0 radical (unpaired) electrons. The Kier molecular flexibility index (Phi) is 4.20. The number of carbonyl (C=O) groups excluding carboxylic acids is 3. The van der Waals surface area contributed by atoms with E-state index in [1.54, 1.807) is 0 Å². The van der Waals surface area contributed by atoms with Gasteiger partial charge in [-0.25, -0.2) is 0 Å². The van der Waals surface area contributed by atoms with E-state index in [-0.39, 0.29) is 54.4 Å². The Balaban J connectivity index is 1.68. The molecule has 1 fully saturated rings. The quantitative estimate of drug-likeness (QED) is 0.477. The van der Waals surface area contributed by atoms with Gasteiger partial charge < -0.3 is 4.42 Å². The second-order valence-electron chi connectivity index (χ2n) is 5.14. The molecule has 0 spiro atoms. The number of anilines is 1. The molecule has 3 amide bonds. The highest BCUT2D eigenvalue weighted by atomic mass is 16.6. The van der Waals surface area contributed by atoms with E-state index in [2.05, 4.69) is 15.5 Å². The summed E-state index contributed by atoms with van der Waals surface area (Å²) in [5.41, 5.74) is -0.191. The van der Waals surface area contributed by atoms with Gasteiger partial charge in [0.05, 0.1) is 4.92 Å². The number of hydrogen-bond donors (Lipinski definition) is 1. The predicted molar refractivity (Wildman–Crippen MR) is 80.1 cm³/mol. The first-order valence-electron chi connectivity index (χ1n) is 7.15. The molecule has 0 saturated carbocycles. The van der Waals surface area contributed by atoms with Crippen LogP contribution in [0, 0.1) is 10.1 Å². The lowest BCUT2D eigenvalue weighted by atomic mass is 10.2. The van der Waals surface area contributed by atoms with Gasteiger partial charge in [0.2, 0.25) is 17.7 Å². The fraction of sp³-hybridized carbons (Fsp3) is 0.214. The average Bonchev–Trinajstić information content (AvgIpc) is 3.16. The number of nitro groups is 1. The van der Waals surface area contributed by atoms with Gasteiger partial charge in [0.15, 0.2) is 0 Å². The largest absolute Gasteiger partial charge is 0.406 e. The zero-order valence-corrected chi connectivity index (χ0v) is 12.7. The number of benzene rings is 1. The van der Waals surface area contributed by atoms with E-state index in [0.717, 1.165) is 11.0 Å². The van der Waals surface area contributed by atoms with Crippen molar-refractivity contribution >= 4 is 29.4 Å². The van der Waals surface area contributed by atoms with Crippen LogP contribution in [0.15, 0.2) is 28.7 Å². The maximum atomic E-state index is 12.1. The van der Waals surface area contributed by atoms with Gasteiger partial charge >= 0.3 is 6.01 Å². The Morgan fingerprint density at radius 3 is 2.68 bits per heavy atom. The van der Waals surface area contributed by atoms with Crippen LogP contribution in [0.2, 0.25) is 0 Å². The van der Waals surface area contributed by atoms with E-state index in [9.17, 15) is 24.5 Å². The SMILES string of the molecule is O=C(Nc1nnc(CN2C(=O)CCC2=O)o1)c1cccc([N+](=O)[O-])c1. The number of nitrogens with zero attached hydrogens (tertiary/aromatic N) is 4. The first-order chi connectivity index (χ1) is 11.9. The highest BCUT2D eigenvalue weighted by Gasteiger charge is 2.30. The molecule has 1 aromatic carbocycles. The van der Waals surface area contributed by atoms with E-state index < -0.39 is 10.8 Å². The van der Waals surface area contributed by atoms with E-state index in [1.165, 1.54) is 18.2 Å². The number of nitrogens with one attached hydrogen (secondary N) is 1.